The Morgan fingerprint density at radius 2 is 2.15 bits per heavy atom. The molecule has 0 radical (unpaired) electrons. The Morgan fingerprint density at radius 1 is 1.42 bits per heavy atom. The Kier molecular flexibility index (Phi) is 5.45. The van der Waals surface area contributed by atoms with Crippen LogP contribution >= 0.6 is 0 Å². The third-order valence-corrected chi connectivity index (χ3v) is 5.54. The molecule has 1 aromatic heterocycles. The fourth-order valence-electron chi connectivity index (χ4n) is 4.08. The van der Waals surface area contributed by atoms with Crippen molar-refractivity contribution < 1.29 is 22.7 Å². The lowest BCUT2D eigenvalue weighted by Gasteiger charge is -2.50. The minimum Gasteiger partial charge on any atom is -0.381 e. The van der Waals surface area contributed by atoms with Crippen LogP contribution < -0.4 is 5.32 Å². The maximum atomic E-state index is 13.5. The second-order valence-corrected chi connectivity index (χ2v) is 7.10. The Balaban J connectivity index is 1.64. The standard InChI is InChI=1S/C17H25F3N4O2/c1-2-24-8-3-13(22-24)11-21-15(25)23-7-4-14(17(18,19)20)16(12-23)5-9-26-10-6-16/h3,8,14H,2,4-7,9-12H2,1H3,(H,21,25)/t14-/m1/s1. The number of ether oxygens (including phenoxy) is 1. The van der Waals surface area contributed by atoms with Crippen LogP contribution in [0.5, 0.6) is 0 Å². The van der Waals surface area contributed by atoms with Crippen molar-refractivity contribution in [2.24, 2.45) is 11.3 Å². The summed E-state index contributed by atoms with van der Waals surface area (Å²) < 4.78 is 47.6. The van der Waals surface area contributed by atoms with Crippen LogP contribution in [0.15, 0.2) is 12.3 Å². The van der Waals surface area contributed by atoms with Gasteiger partial charge in [-0.1, -0.05) is 0 Å². The molecule has 9 heteroatoms. The molecule has 2 aliphatic heterocycles. The number of aromatic nitrogens is 2. The predicted octanol–water partition coefficient (Wildman–Crippen LogP) is 2.79. The van der Waals surface area contributed by atoms with E-state index in [-0.39, 0.29) is 32.1 Å². The minimum atomic E-state index is -4.24. The first-order chi connectivity index (χ1) is 12.3. The molecule has 6 nitrogen and oxygen atoms in total. The number of hydrogen-bond acceptors (Lipinski definition) is 3. The summed E-state index contributed by atoms with van der Waals surface area (Å²) in [5.41, 5.74) is -0.207. The maximum Gasteiger partial charge on any atom is 0.392 e. The van der Waals surface area contributed by atoms with Crippen LogP contribution in [-0.2, 0) is 17.8 Å². The first kappa shape index (κ1) is 19.0. The van der Waals surface area contributed by atoms with Gasteiger partial charge in [-0.25, -0.2) is 4.79 Å². The largest absolute Gasteiger partial charge is 0.392 e. The molecule has 1 atom stereocenters. The highest BCUT2D eigenvalue weighted by molar-refractivity contribution is 5.74. The summed E-state index contributed by atoms with van der Waals surface area (Å²) >= 11 is 0. The molecular formula is C17H25F3N4O2. The molecule has 0 aliphatic carbocycles. The number of hydrogen-bond donors (Lipinski definition) is 1. The Hall–Kier alpha value is -1.77. The van der Waals surface area contributed by atoms with Crippen LogP contribution in [0.4, 0.5) is 18.0 Å². The number of likely N-dealkylation sites (tertiary alicyclic amines) is 1. The van der Waals surface area contributed by atoms with Crippen molar-refractivity contribution in [2.75, 3.05) is 26.3 Å². The van der Waals surface area contributed by atoms with Gasteiger partial charge < -0.3 is 15.0 Å². The monoisotopic (exact) mass is 374 g/mol. The average Bonchev–Trinajstić information content (AvgIpc) is 3.07. The highest BCUT2D eigenvalue weighted by Gasteiger charge is 2.56. The number of halogens is 3. The molecule has 26 heavy (non-hydrogen) atoms. The summed E-state index contributed by atoms with van der Waals surface area (Å²) in [6.07, 6.45) is -1.80. The fraction of sp³-hybridized carbons (Fsp3) is 0.765. The Bertz CT molecular complexity index is 626. The SMILES string of the molecule is CCn1ccc(CNC(=O)N2CC[C@@H](C(F)(F)F)C3(CCOCC3)C2)n1. The second kappa shape index (κ2) is 7.46. The first-order valence-electron chi connectivity index (χ1n) is 9.03. The Morgan fingerprint density at radius 3 is 2.77 bits per heavy atom. The first-order valence-corrected chi connectivity index (χ1v) is 9.03. The van der Waals surface area contributed by atoms with Crippen molar-refractivity contribution in [3.63, 3.8) is 0 Å². The molecule has 3 rings (SSSR count). The fourth-order valence-corrected chi connectivity index (χ4v) is 4.08. The van der Waals surface area contributed by atoms with E-state index < -0.39 is 17.5 Å². The Labute approximate surface area is 150 Å². The van der Waals surface area contributed by atoms with Gasteiger partial charge in [0.2, 0.25) is 0 Å². The van der Waals surface area contributed by atoms with Crippen LogP contribution in [0.2, 0.25) is 0 Å². The topological polar surface area (TPSA) is 59.4 Å². The van der Waals surface area contributed by atoms with Crippen LogP contribution in [0, 0.1) is 11.3 Å². The van der Waals surface area contributed by atoms with Gasteiger partial charge in [-0.05, 0) is 32.3 Å². The highest BCUT2D eigenvalue weighted by atomic mass is 19.4. The molecule has 146 valence electrons. The highest BCUT2D eigenvalue weighted by Crippen LogP contribution is 2.50. The summed E-state index contributed by atoms with van der Waals surface area (Å²) in [5.74, 6) is -1.37. The number of rotatable bonds is 3. The summed E-state index contributed by atoms with van der Waals surface area (Å²) in [7, 11) is 0. The number of alkyl halides is 3. The zero-order valence-corrected chi connectivity index (χ0v) is 14.9. The quantitative estimate of drug-likeness (QED) is 0.885. The lowest BCUT2D eigenvalue weighted by atomic mass is 9.66. The van der Waals surface area contributed by atoms with Crippen molar-refractivity contribution in [3.05, 3.63) is 18.0 Å². The van der Waals surface area contributed by atoms with E-state index in [4.69, 9.17) is 4.74 Å². The summed E-state index contributed by atoms with van der Waals surface area (Å²) in [6.45, 7) is 3.84. The lowest BCUT2D eigenvalue weighted by Crippen LogP contribution is -2.58. The molecule has 0 saturated carbocycles. The molecule has 1 aromatic rings. The minimum absolute atomic E-state index is 0.0542. The van der Waals surface area contributed by atoms with E-state index in [0.29, 0.717) is 26.1 Å². The zero-order valence-electron chi connectivity index (χ0n) is 14.9. The van der Waals surface area contributed by atoms with Crippen molar-refractivity contribution in [3.8, 4) is 0 Å². The molecular weight excluding hydrogens is 349 g/mol. The third kappa shape index (κ3) is 3.97. The summed E-state index contributed by atoms with van der Waals surface area (Å²) in [6, 6.07) is 1.49. The van der Waals surface area contributed by atoms with E-state index in [1.54, 1.807) is 4.68 Å². The van der Waals surface area contributed by atoms with E-state index in [2.05, 4.69) is 10.4 Å². The van der Waals surface area contributed by atoms with Crippen molar-refractivity contribution in [2.45, 2.75) is 45.5 Å². The van der Waals surface area contributed by atoms with E-state index in [0.717, 1.165) is 12.2 Å². The smallest absolute Gasteiger partial charge is 0.381 e. The second-order valence-electron chi connectivity index (χ2n) is 7.10. The molecule has 0 aromatic carbocycles. The number of nitrogens with one attached hydrogen (secondary N) is 1. The molecule has 3 heterocycles. The molecule has 2 amide bonds. The van der Waals surface area contributed by atoms with Crippen LogP contribution in [0.3, 0.4) is 0 Å². The van der Waals surface area contributed by atoms with E-state index in [9.17, 15) is 18.0 Å². The molecule has 2 saturated heterocycles. The maximum absolute atomic E-state index is 13.5. The average molecular weight is 374 g/mol. The number of aryl methyl sites for hydroxylation is 1. The van der Waals surface area contributed by atoms with Gasteiger partial charge in [-0.2, -0.15) is 18.3 Å². The summed E-state index contributed by atoms with van der Waals surface area (Å²) in [4.78, 5) is 14.0. The van der Waals surface area contributed by atoms with Gasteiger partial charge in [-0.15, -0.1) is 0 Å². The number of carbonyl (C=O) groups is 1. The molecule has 0 unspecified atom stereocenters. The normalized spacial score (nSPS) is 23.2. The molecule has 2 fully saturated rings. The van der Waals surface area contributed by atoms with Crippen molar-refractivity contribution in [1.82, 2.24) is 20.0 Å². The predicted molar refractivity (Wildman–Crippen MR) is 88.4 cm³/mol. The number of carbonyl (C=O) groups excluding carboxylic acids is 1. The number of amides is 2. The van der Waals surface area contributed by atoms with Crippen LogP contribution in [0.1, 0.15) is 31.9 Å². The van der Waals surface area contributed by atoms with Crippen molar-refractivity contribution >= 4 is 6.03 Å². The van der Waals surface area contributed by atoms with Gasteiger partial charge in [0.05, 0.1) is 18.2 Å². The molecule has 2 aliphatic rings. The van der Waals surface area contributed by atoms with Crippen LogP contribution in [0.25, 0.3) is 0 Å². The molecule has 1 spiro atoms. The van der Waals surface area contributed by atoms with E-state index >= 15 is 0 Å². The number of urea groups is 1. The third-order valence-electron chi connectivity index (χ3n) is 5.54. The van der Waals surface area contributed by atoms with E-state index in [1.165, 1.54) is 4.90 Å². The van der Waals surface area contributed by atoms with Gasteiger partial charge in [0.1, 0.15) is 0 Å². The van der Waals surface area contributed by atoms with Gasteiger partial charge in [-0.3, -0.25) is 4.68 Å². The summed E-state index contributed by atoms with van der Waals surface area (Å²) in [5, 5.41) is 7.07. The lowest BCUT2D eigenvalue weighted by molar-refractivity contribution is -0.232. The van der Waals surface area contributed by atoms with Gasteiger partial charge in [0, 0.05) is 44.5 Å². The van der Waals surface area contributed by atoms with E-state index in [1.807, 2.05) is 19.2 Å². The zero-order chi connectivity index (χ0) is 18.8. The number of piperidine rings is 1. The van der Waals surface area contributed by atoms with Crippen LogP contribution in [-0.4, -0.2) is 53.2 Å². The molecule has 0 bridgehead atoms. The molecule has 1 N–H and O–H groups in total. The van der Waals surface area contributed by atoms with Gasteiger partial charge >= 0.3 is 12.2 Å². The van der Waals surface area contributed by atoms with Crippen molar-refractivity contribution in [1.29, 1.82) is 0 Å². The number of nitrogens with zero attached hydrogens (tertiary/aromatic N) is 3. The van der Waals surface area contributed by atoms with Gasteiger partial charge in [0.15, 0.2) is 0 Å². The van der Waals surface area contributed by atoms with Gasteiger partial charge in [0.25, 0.3) is 0 Å².